The van der Waals surface area contributed by atoms with E-state index in [0.29, 0.717) is 6.42 Å². The van der Waals surface area contributed by atoms with Crippen molar-refractivity contribution in [1.82, 2.24) is 0 Å². The van der Waals surface area contributed by atoms with Crippen LogP contribution in [0.15, 0.2) is 42.5 Å². The molecule has 0 atom stereocenters. The molecule has 0 unspecified atom stereocenters. The number of benzene rings is 1. The van der Waals surface area contributed by atoms with Crippen LogP contribution in [-0.4, -0.2) is 5.78 Å². The van der Waals surface area contributed by atoms with Gasteiger partial charge in [0.05, 0.1) is 0 Å². The van der Waals surface area contributed by atoms with Crippen molar-refractivity contribution < 1.29 is 4.79 Å². The number of allylic oxidation sites excluding steroid dienone is 2. The van der Waals surface area contributed by atoms with Crippen LogP contribution in [0.25, 0.3) is 6.08 Å². The van der Waals surface area contributed by atoms with E-state index in [2.05, 4.69) is 6.58 Å². The highest BCUT2D eigenvalue weighted by Crippen LogP contribution is 2.09. The summed E-state index contributed by atoms with van der Waals surface area (Å²) in [6.07, 6.45) is 4.67. The first kappa shape index (κ1) is 12.2. The SMILES string of the molecule is C=C(CC)CC(=O)/C=C/c1ccc(N)cc1. The van der Waals surface area contributed by atoms with Crippen LogP contribution in [0, 0.1) is 0 Å². The highest BCUT2D eigenvalue weighted by molar-refractivity contribution is 5.95. The summed E-state index contributed by atoms with van der Waals surface area (Å²) >= 11 is 0. The second kappa shape index (κ2) is 5.91. The Morgan fingerprint density at radius 3 is 2.56 bits per heavy atom. The second-order valence-corrected chi connectivity index (χ2v) is 3.75. The van der Waals surface area contributed by atoms with Gasteiger partial charge in [-0.25, -0.2) is 0 Å². The minimum Gasteiger partial charge on any atom is -0.399 e. The topological polar surface area (TPSA) is 43.1 Å². The lowest BCUT2D eigenvalue weighted by molar-refractivity contribution is -0.113. The van der Waals surface area contributed by atoms with Crippen LogP contribution >= 0.6 is 0 Å². The Hall–Kier alpha value is -1.83. The summed E-state index contributed by atoms with van der Waals surface area (Å²) in [4.78, 5) is 11.5. The maximum atomic E-state index is 11.5. The van der Waals surface area contributed by atoms with Gasteiger partial charge in [-0.1, -0.05) is 37.3 Å². The first-order valence-corrected chi connectivity index (χ1v) is 5.35. The third-order valence-corrected chi connectivity index (χ3v) is 2.32. The average molecular weight is 215 g/mol. The third kappa shape index (κ3) is 4.13. The number of rotatable bonds is 5. The van der Waals surface area contributed by atoms with Gasteiger partial charge < -0.3 is 5.73 Å². The van der Waals surface area contributed by atoms with Crippen molar-refractivity contribution in [2.75, 3.05) is 5.73 Å². The van der Waals surface area contributed by atoms with Crippen molar-refractivity contribution in [3.8, 4) is 0 Å². The average Bonchev–Trinajstić information content (AvgIpc) is 2.28. The largest absolute Gasteiger partial charge is 0.399 e. The minimum absolute atomic E-state index is 0.0867. The summed E-state index contributed by atoms with van der Waals surface area (Å²) in [6, 6.07) is 7.39. The van der Waals surface area contributed by atoms with Gasteiger partial charge in [0.15, 0.2) is 5.78 Å². The van der Waals surface area contributed by atoms with Crippen LogP contribution in [-0.2, 0) is 4.79 Å². The van der Waals surface area contributed by atoms with Gasteiger partial charge in [-0.05, 0) is 30.2 Å². The second-order valence-electron chi connectivity index (χ2n) is 3.75. The maximum absolute atomic E-state index is 11.5. The normalized spacial score (nSPS) is 10.6. The summed E-state index contributed by atoms with van der Waals surface area (Å²) in [5, 5.41) is 0. The first-order chi connectivity index (χ1) is 7.61. The first-order valence-electron chi connectivity index (χ1n) is 5.35. The molecular weight excluding hydrogens is 198 g/mol. The standard InChI is InChI=1S/C14H17NO/c1-3-11(2)10-14(16)9-6-12-4-7-13(15)8-5-12/h4-9H,2-3,10,15H2,1H3/b9-6+. The molecule has 1 rings (SSSR count). The van der Waals surface area contributed by atoms with Gasteiger partial charge in [0.1, 0.15) is 0 Å². The molecule has 0 amide bonds. The molecule has 0 saturated heterocycles. The van der Waals surface area contributed by atoms with E-state index in [1.54, 1.807) is 12.2 Å². The molecule has 1 aromatic rings. The van der Waals surface area contributed by atoms with E-state index in [4.69, 9.17) is 5.73 Å². The Balaban J connectivity index is 2.56. The van der Waals surface area contributed by atoms with E-state index in [0.717, 1.165) is 23.2 Å². The van der Waals surface area contributed by atoms with Crippen LogP contribution in [0.3, 0.4) is 0 Å². The lowest BCUT2D eigenvalue weighted by Gasteiger charge is -1.97. The molecule has 2 heteroatoms. The zero-order chi connectivity index (χ0) is 12.0. The molecule has 0 aliphatic carbocycles. The fourth-order valence-electron chi connectivity index (χ4n) is 1.23. The summed E-state index contributed by atoms with van der Waals surface area (Å²) in [5.74, 6) is 0.0867. The van der Waals surface area contributed by atoms with Crippen molar-refractivity contribution in [2.45, 2.75) is 19.8 Å². The van der Waals surface area contributed by atoms with E-state index < -0.39 is 0 Å². The molecule has 84 valence electrons. The predicted molar refractivity (Wildman–Crippen MR) is 68.9 cm³/mol. The van der Waals surface area contributed by atoms with Gasteiger partial charge in [0.2, 0.25) is 0 Å². The van der Waals surface area contributed by atoms with Crippen LogP contribution in [0.1, 0.15) is 25.3 Å². The lowest BCUT2D eigenvalue weighted by atomic mass is 10.1. The molecule has 0 saturated carbocycles. The quantitative estimate of drug-likeness (QED) is 0.465. The number of nitrogens with two attached hydrogens (primary N) is 1. The van der Waals surface area contributed by atoms with E-state index in [9.17, 15) is 4.79 Å². The Bertz CT molecular complexity index is 401. The fraction of sp³-hybridized carbons (Fsp3) is 0.214. The zero-order valence-electron chi connectivity index (χ0n) is 9.57. The predicted octanol–water partition coefficient (Wildman–Crippen LogP) is 3.21. The number of carbonyl (C=O) groups excluding carboxylic acids is 1. The highest BCUT2D eigenvalue weighted by Gasteiger charge is 1.98. The Morgan fingerprint density at radius 2 is 2.00 bits per heavy atom. The highest BCUT2D eigenvalue weighted by atomic mass is 16.1. The van der Waals surface area contributed by atoms with Crippen LogP contribution < -0.4 is 5.73 Å². The van der Waals surface area contributed by atoms with E-state index in [1.807, 2.05) is 31.2 Å². The molecule has 2 nitrogen and oxygen atoms in total. The molecule has 0 fully saturated rings. The molecule has 16 heavy (non-hydrogen) atoms. The van der Waals surface area contributed by atoms with Crippen LogP contribution in [0.4, 0.5) is 5.69 Å². The van der Waals surface area contributed by atoms with Crippen molar-refractivity contribution in [2.24, 2.45) is 0 Å². The maximum Gasteiger partial charge on any atom is 0.159 e. The molecule has 0 bridgehead atoms. The van der Waals surface area contributed by atoms with E-state index in [-0.39, 0.29) is 5.78 Å². The third-order valence-electron chi connectivity index (χ3n) is 2.32. The Kier molecular flexibility index (Phi) is 4.52. The molecule has 0 aliphatic rings. The van der Waals surface area contributed by atoms with Gasteiger partial charge in [0.25, 0.3) is 0 Å². The van der Waals surface area contributed by atoms with Crippen molar-refractivity contribution in [1.29, 1.82) is 0 Å². The van der Waals surface area contributed by atoms with Gasteiger partial charge in [-0.15, -0.1) is 0 Å². The number of carbonyl (C=O) groups is 1. The van der Waals surface area contributed by atoms with Gasteiger partial charge in [0, 0.05) is 12.1 Å². The summed E-state index contributed by atoms with van der Waals surface area (Å²) in [5.41, 5.74) is 8.23. The lowest BCUT2D eigenvalue weighted by Crippen LogP contribution is -1.93. The number of hydrogen-bond acceptors (Lipinski definition) is 2. The number of anilines is 1. The van der Waals surface area contributed by atoms with Gasteiger partial charge in [-0.3, -0.25) is 4.79 Å². The van der Waals surface area contributed by atoms with Gasteiger partial charge >= 0.3 is 0 Å². The monoisotopic (exact) mass is 215 g/mol. The van der Waals surface area contributed by atoms with Gasteiger partial charge in [-0.2, -0.15) is 0 Å². The Morgan fingerprint density at radius 1 is 1.38 bits per heavy atom. The molecule has 0 aliphatic heterocycles. The van der Waals surface area contributed by atoms with E-state index in [1.165, 1.54) is 0 Å². The summed E-state index contributed by atoms with van der Waals surface area (Å²) in [7, 11) is 0. The molecule has 0 radical (unpaired) electrons. The molecule has 2 N–H and O–H groups in total. The molecule has 0 heterocycles. The molecular formula is C14H17NO. The molecule has 1 aromatic carbocycles. The Labute approximate surface area is 96.5 Å². The summed E-state index contributed by atoms with van der Waals surface area (Å²) < 4.78 is 0. The molecule has 0 spiro atoms. The van der Waals surface area contributed by atoms with Crippen molar-refractivity contribution in [3.05, 3.63) is 48.1 Å². The van der Waals surface area contributed by atoms with Crippen LogP contribution in [0.2, 0.25) is 0 Å². The zero-order valence-corrected chi connectivity index (χ0v) is 9.57. The smallest absolute Gasteiger partial charge is 0.159 e. The number of ketones is 1. The fourth-order valence-corrected chi connectivity index (χ4v) is 1.23. The van der Waals surface area contributed by atoms with Crippen LogP contribution in [0.5, 0.6) is 0 Å². The molecule has 0 aromatic heterocycles. The van der Waals surface area contributed by atoms with Crippen molar-refractivity contribution in [3.63, 3.8) is 0 Å². The number of nitrogen functional groups attached to an aromatic ring is 1. The summed E-state index contributed by atoms with van der Waals surface area (Å²) in [6.45, 7) is 5.81. The van der Waals surface area contributed by atoms with E-state index >= 15 is 0 Å². The minimum atomic E-state index is 0.0867. The van der Waals surface area contributed by atoms with Crippen molar-refractivity contribution >= 4 is 17.5 Å². The number of hydrogen-bond donors (Lipinski definition) is 1.